The average molecular weight is 346 g/mol. The van der Waals surface area contributed by atoms with Crippen LogP contribution in [-0.4, -0.2) is 34.9 Å². The summed E-state index contributed by atoms with van der Waals surface area (Å²) in [7, 11) is 1.89. The number of hydrogen-bond donors (Lipinski definition) is 1. The van der Waals surface area contributed by atoms with Crippen molar-refractivity contribution in [1.82, 2.24) is 15.2 Å². The van der Waals surface area contributed by atoms with Crippen molar-refractivity contribution < 1.29 is 4.79 Å². The first-order valence-corrected chi connectivity index (χ1v) is 7.64. The van der Waals surface area contributed by atoms with Crippen molar-refractivity contribution in [2.75, 3.05) is 7.05 Å². The van der Waals surface area contributed by atoms with E-state index in [9.17, 15) is 4.79 Å². The first-order chi connectivity index (χ1) is 9.74. The largest absolute Gasteiger partial charge is 0.340 e. The molecule has 1 aliphatic heterocycles. The quantitative estimate of drug-likeness (QED) is 0.915. The predicted octanol–water partition coefficient (Wildman–Crippen LogP) is 2.80. The molecule has 3 unspecified atom stereocenters. The second-order valence-corrected chi connectivity index (χ2v) is 6.16. The minimum atomic E-state index is 0. The summed E-state index contributed by atoms with van der Waals surface area (Å²) in [4.78, 5) is 18.5. The van der Waals surface area contributed by atoms with Gasteiger partial charge in [0.15, 0.2) is 0 Å². The van der Waals surface area contributed by atoms with Gasteiger partial charge in [0.05, 0.1) is 6.04 Å². The molecule has 2 aliphatic rings. The molecule has 124 valence electrons. The second kappa shape index (κ2) is 8.70. The van der Waals surface area contributed by atoms with Gasteiger partial charge in [-0.15, -0.1) is 24.8 Å². The Kier molecular flexibility index (Phi) is 7.60. The van der Waals surface area contributed by atoms with Gasteiger partial charge in [0.25, 0.3) is 0 Å². The number of hydrogen-bond acceptors (Lipinski definition) is 3. The molecule has 1 amide bonds. The third-order valence-corrected chi connectivity index (χ3v) is 4.68. The number of nitrogens with one attached hydrogen (secondary N) is 1. The maximum absolute atomic E-state index is 12.5. The number of carbonyl (C=O) groups excluding carboxylic acids is 1. The van der Waals surface area contributed by atoms with Crippen molar-refractivity contribution in [3.8, 4) is 0 Å². The molecule has 1 saturated heterocycles. The molecule has 0 radical (unpaired) electrons. The lowest BCUT2D eigenvalue weighted by Crippen LogP contribution is -2.43. The van der Waals surface area contributed by atoms with Crippen molar-refractivity contribution in [3.05, 3.63) is 30.1 Å². The molecule has 0 aromatic carbocycles. The molecule has 1 N–H and O–H groups in total. The number of amides is 1. The second-order valence-electron chi connectivity index (χ2n) is 6.16. The normalized spacial score (nSPS) is 26.3. The number of pyridine rings is 1. The number of likely N-dealkylation sites (N-methyl/N-ethyl adjacent to an activating group) is 1. The number of halogens is 2. The molecule has 2 fully saturated rings. The van der Waals surface area contributed by atoms with Crippen LogP contribution in [0.2, 0.25) is 0 Å². The number of fused-ring (bicyclic) bond motifs is 1. The zero-order valence-electron chi connectivity index (χ0n) is 12.9. The van der Waals surface area contributed by atoms with Crippen LogP contribution in [0.1, 0.15) is 37.7 Å². The molecule has 2 heterocycles. The molecular weight excluding hydrogens is 321 g/mol. The number of aromatic nitrogens is 1. The minimum Gasteiger partial charge on any atom is -0.340 e. The molecular formula is C16H25Cl2N3O. The Balaban J connectivity index is 0.00000121. The lowest BCUT2D eigenvalue weighted by Gasteiger charge is -2.24. The SMILES string of the molecule is CN(Cc1cccnc1)C(=O)C1CC2CCCCC2N1.Cl.Cl. The summed E-state index contributed by atoms with van der Waals surface area (Å²) >= 11 is 0. The van der Waals surface area contributed by atoms with Gasteiger partial charge in [-0.05, 0) is 36.8 Å². The lowest BCUT2D eigenvalue weighted by molar-refractivity contribution is -0.132. The van der Waals surface area contributed by atoms with E-state index in [4.69, 9.17) is 0 Å². The monoisotopic (exact) mass is 345 g/mol. The zero-order valence-corrected chi connectivity index (χ0v) is 14.5. The topological polar surface area (TPSA) is 45.2 Å². The molecule has 1 aliphatic carbocycles. The Morgan fingerprint density at radius 1 is 1.36 bits per heavy atom. The average Bonchev–Trinajstić information content (AvgIpc) is 2.91. The van der Waals surface area contributed by atoms with Crippen LogP contribution in [0.15, 0.2) is 24.5 Å². The maximum atomic E-state index is 12.5. The van der Waals surface area contributed by atoms with Gasteiger partial charge in [-0.1, -0.05) is 18.9 Å². The lowest BCUT2D eigenvalue weighted by atomic mass is 9.85. The van der Waals surface area contributed by atoms with Gasteiger partial charge in [-0.3, -0.25) is 9.78 Å². The zero-order chi connectivity index (χ0) is 13.9. The van der Waals surface area contributed by atoms with Crippen LogP contribution < -0.4 is 5.32 Å². The van der Waals surface area contributed by atoms with Crippen LogP contribution in [0, 0.1) is 5.92 Å². The molecule has 22 heavy (non-hydrogen) atoms. The van der Waals surface area contributed by atoms with Gasteiger partial charge in [0, 0.05) is 32.0 Å². The predicted molar refractivity (Wildman–Crippen MR) is 92.5 cm³/mol. The van der Waals surface area contributed by atoms with Gasteiger partial charge in [0.2, 0.25) is 5.91 Å². The summed E-state index contributed by atoms with van der Waals surface area (Å²) in [5, 5.41) is 3.55. The summed E-state index contributed by atoms with van der Waals surface area (Å²) in [6, 6.07) is 4.52. The van der Waals surface area contributed by atoms with Crippen LogP contribution >= 0.6 is 24.8 Å². The Bertz CT molecular complexity index is 458. The Labute approximate surface area is 144 Å². The molecule has 1 aromatic heterocycles. The van der Waals surface area contributed by atoms with E-state index in [0.29, 0.717) is 18.5 Å². The van der Waals surface area contributed by atoms with Crippen molar-refractivity contribution in [2.45, 2.75) is 50.7 Å². The van der Waals surface area contributed by atoms with E-state index in [1.807, 2.05) is 30.3 Å². The highest BCUT2D eigenvalue weighted by atomic mass is 35.5. The van der Waals surface area contributed by atoms with Crippen LogP contribution in [0.4, 0.5) is 0 Å². The third kappa shape index (κ3) is 4.34. The summed E-state index contributed by atoms with van der Waals surface area (Å²) in [6.07, 6.45) is 9.76. The fourth-order valence-electron chi connectivity index (χ4n) is 3.62. The molecule has 3 atom stereocenters. The number of carbonyl (C=O) groups is 1. The molecule has 0 spiro atoms. The van der Waals surface area contributed by atoms with E-state index in [1.54, 1.807) is 6.20 Å². The van der Waals surface area contributed by atoms with E-state index < -0.39 is 0 Å². The van der Waals surface area contributed by atoms with Gasteiger partial charge >= 0.3 is 0 Å². The van der Waals surface area contributed by atoms with Gasteiger partial charge in [-0.2, -0.15) is 0 Å². The van der Waals surface area contributed by atoms with Crippen LogP contribution in [0.5, 0.6) is 0 Å². The van der Waals surface area contributed by atoms with E-state index in [2.05, 4.69) is 10.3 Å². The standard InChI is InChI=1S/C16H23N3O.2ClH/c1-19(11-12-5-4-8-17-10-12)16(20)15-9-13-6-2-3-7-14(13)18-15;;/h4-5,8,10,13-15,18H,2-3,6-7,9,11H2,1H3;2*1H. The van der Waals surface area contributed by atoms with Crippen LogP contribution in [-0.2, 0) is 11.3 Å². The molecule has 3 rings (SSSR count). The van der Waals surface area contributed by atoms with Gasteiger partial charge in [0.1, 0.15) is 0 Å². The Morgan fingerprint density at radius 2 is 2.14 bits per heavy atom. The van der Waals surface area contributed by atoms with E-state index >= 15 is 0 Å². The van der Waals surface area contributed by atoms with E-state index in [-0.39, 0.29) is 36.8 Å². The molecule has 1 saturated carbocycles. The first-order valence-electron chi connectivity index (χ1n) is 7.64. The minimum absolute atomic E-state index is 0. The highest BCUT2D eigenvalue weighted by Gasteiger charge is 2.39. The highest BCUT2D eigenvalue weighted by molar-refractivity contribution is 5.85. The van der Waals surface area contributed by atoms with E-state index in [0.717, 1.165) is 12.0 Å². The number of nitrogens with zero attached hydrogens (tertiary/aromatic N) is 2. The van der Waals surface area contributed by atoms with Crippen molar-refractivity contribution in [2.24, 2.45) is 5.92 Å². The van der Waals surface area contributed by atoms with Crippen molar-refractivity contribution >= 4 is 30.7 Å². The summed E-state index contributed by atoms with van der Waals surface area (Å²) < 4.78 is 0. The fraction of sp³-hybridized carbons (Fsp3) is 0.625. The Morgan fingerprint density at radius 3 is 2.82 bits per heavy atom. The molecule has 0 bridgehead atoms. The molecule has 1 aromatic rings. The summed E-state index contributed by atoms with van der Waals surface area (Å²) in [5.41, 5.74) is 1.08. The van der Waals surface area contributed by atoms with Crippen LogP contribution in [0.3, 0.4) is 0 Å². The first kappa shape index (κ1) is 19.2. The fourth-order valence-corrected chi connectivity index (χ4v) is 3.62. The summed E-state index contributed by atoms with van der Waals surface area (Å²) in [6.45, 7) is 0.639. The maximum Gasteiger partial charge on any atom is 0.239 e. The summed E-state index contributed by atoms with van der Waals surface area (Å²) in [5.74, 6) is 0.938. The smallest absolute Gasteiger partial charge is 0.239 e. The van der Waals surface area contributed by atoms with E-state index in [1.165, 1.54) is 25.7 Å². The van der Waals surface area contributed by atoms with Crippen LogP contribution in [0.25, 0.3) is 0 Å². The molecule has 6 heteroatoms. The Hall–Kier alpha value is -0.840. The number of rotatable bonds is 3. The van der Waals surface area contributed by atoms with Crippen molar-refractivity contribution in [1.29, 1.82) is 0 Å². The van der Waals surface area contributed by atoms with Gasteiger partial charge < -0.3 is 10.2 Å². The molecule has 4 nitrogen and oxygen atoms in total. The third-order valence-electron chi connectivity index (χ3n) is 4.68. The highest BCUT2D eigenvalue weighted by Crippen LogP contribution is 2.33. The van der Waals surface area contributed by atoms with Gasteiger partial charge in [-0.25, -0.2) is 0 Å². The van der Waals surface area contributed by atoms with Crippen molar-refractivity contribution in [3.63, 3.8) is 0 Å².